The lowest BCUT2D eigenvalue weighted by molar-refractivity contribution is -0.808. The van der Waals surface area contributed by atoms with Gasteiger partial charge in [-0.1, -0.05) is 42.5 Å². The Balaban J connectivity index is 1.40. The smallest absolute Gasteiger partial charge is 0.336 e. The van der Waals surface area contributed by atoms with Crippen LogP contribution in [-0.4, -0.2) is 23.3 Å². The Morgan fingerprint density at radius 3 is 2.68 bits per heavy atom. The highest BCUT2D eigenvalue weighted by atomic mass is 16.8. The van der Waals surface area contributed by atoms with E-state index in [2.05, 4.69) is 5.16 Å². The molecule has 4 aromatic rings. The molecule has 0 saturated carbocycles. The van der Waals surface area contributed by atoms with Crippen LogP contribution in [0.25, 0.3) is 17.3 Å². The van der Waals surface area contributed by atoms with Gasteiger partial charge in [-0.2, -0.15) is 0 Å². The molecule has 0 aliphatic rings. The first-order chi connectivity index (χ1) is 16.5. The number of esters is 1. The van der Waals surface area contributed by atoms with E-state index in [1.54, 1.807) is 30.3 Å². The van der Waals surface area contributed by atoms with Crippen molar-refractivity contribution in [3.8, 4) is 34.3 Å². The molecule has 1 heterocycles. The molecular weight excluding hydrogens is 440 g/mol. The quantitative estimate of drug-likeness (QED) is 0.182. The number of hydrogen-bond acceptors (Lipinski definition) is 8. The predicted molar refractivity (Wildman–Crippen MR) is 121 cm³/mol. The Hall–Kier alpha value is -4.79. The lowest BCUT2D eigenvalue weighted by Crippen LogP contribution is -2.29. The Bertz CT molecular complexity index is 1320. The highest BCUT2D eigenvalue weighted by Crippen LogP contribution is 2.27. The van der Waals surface area contributed by atoms with Crippen molar-refractivity contribution in [2.45, 2.75) is 6.61 Å². The van der Waals surface area contributed by atoms with Gasteiger partial charge in [-0.15, -0.1) is 0 Å². The standard InChI is InChI=1S/C25H20N2O7/c1-31-23-14-17(10-12-22(23)28)11-13-24(29)33-20-9-5-8-19(15-20)32-16-21-25(26-34-27(21)30)18-6-3-2-4-7-18/h2-15,28H,16H2,1H3/b13-11+. The van der Waals surface area contributed by atoms with Crippen LogP contribution in [0.5, 0.6) is 23.0 Å². The minimum Gasteiger partial charge on any atom is -0.504 e. The number of nitrogens with zero attached hydrogens (tertiary/aromatic N) is 2. The topological polar surface area (TPSA) is 118 Å². The molecule has 0 atom stereocenters. The maximum Gasteiger partial charge on any atom is 0.336 e. The molecule has 1 aromatic heterocycles. The number of phenolic OH excluding ortho intramolecular Hbond substituents is 1. The van der Waals surface area contributed by atoms with E-state index in [0.29, 0.717) is 27.7 Å². The SMILES string of the molecule is COc1cc(/C=C/C(=O)Oc2cccc(OCc3c(-c4ccccc4)no[n+]3[O-])c2)ccc1O. The summed E-state index contributed by atoms with van der Waals surface area (Å²) in [4.78, 5) is 12.5. The van der Waals surface area contributed by atoms with Crippen LogP contribution in [0.4, 0.5) is 0 Å². The zero-order valence-electron chi connectivity index (χ0n) is 18.1. The molecule has 0 amide bonds. The van der Waals surface area contributed by atoms with Crippen LogP contribution >= 0.6 is 0 Å². The van der Waals surface area contributed by atoms with Gasteiger partial charge in [0, 0.05) is 22.9 Å². The summed E-state index contributed by atoms with van der Waals surface area (Å²) in [5.41, 5.74) is 1.97. The zero-order chi connectivity index (χ0) is 23.9. The monoisotopic (exact) mass is 460 g/mol. The second-order valence-electron chi connectivity index (χ2n) is 7.04. The van der Waals surface area contributed by atoms with Gasteiger partial charge < -0.3 is 24.5 Å². The van der Waals surface area contributed by atoms with Crippen molar-refractivity contribution < 1.29 is 33.6 Å². The Morgan fingerprint density at radius 1 is 1.09 bits per heavy atom. The van der Waals surface area contributed by atoms with Gasteiger partial charge >= 0.3 is 5.97 Å². The molecule has 0 aliphatic heterocycles. The Kier molecular flexibility index (Phi) is 6.73. The minimum atomic E-state index is -0.605. The normalized spacial score (nSPS) is 10.9. The molecule has 3 aromatic carbocycles. The predicted octanol–water partition coefficient (Wildman–Crippen LogP) is 3.89. The molecule has 0 bridgehead atoms. The van der Waals surface area contributed by atoms with Crippen molar-refractivity contribution in [2.75, 3.05) is 7.11 Å². The molecule has 0 unspecified atom stereocenters. The minimum absolute atomic E-state index is 0.00336. The van der Waals surface area contributed by atoms with Crippen molar-refractivity contribution in [3.05, 3.63) is 95.3 Å². The van der Waals surface area contributed by atoms with E-state index in [0.717, 1.165) is 5.56 Å². The molecule has 34 heavy (non-hydrogen) atoms. The van der Waals surface area contributed by atoms with E-state index < -0.39 is 5.97 Å². The summed E-state index contributed by atoms with van der Waals surface area (Å²) in [6.07, 6.45) is 2.79. The Morgan fingerprint density at radius 2 is 1.88 bits per heavy atom. The van der Waals surface area contributed by atoms with Gasteiger partial charge in [0.2, 0.25) is 5.69 Å². The molecule has 0 spiro atoms. The number of benzene rings is 3. The Labute approximate surface area is 194 Å². The summed E-state index contributed by atoms with van der Waals surface area (Å²) < 4.78 is 20.8. The zero-order valence-corrected chi connectivity index (χ0v) is 18.1. The number of methoxy groups -OCH3 is 1. The van der Waals surface area contributed by atoms with Gasteiger partial charge in [0.25, 0.3) is 5.69 Å². The van der Waals surface area contributed by atoms with Gasteiger partial charge in [0.05, 0.1) is 7.11 Å². The van der Waals surface area contributed by atoms with Crippen LogP contribution in [0.3, 0.4) is 0 Å². The fourth-order valence-electron chi connectivity index (χ4n) is 3.09. The number of phenols is 1. The molecule has 0 aliphatic carbocycles. The summed E-state index contributed by atoms with van der Waals surface area (Å²) in [6, 6.07) is 20.3. The third-order valence-corrected chi connectivity index (χ3v) is 4.76. The van der Waals surface area contributed by atoms with Crippen molar-refractivity contribution in [1.82, 2.24) is 5.16 Å². The number of carbonyl (C=O) groups excluding carboxylic acids is 1. The van der Waals surface area contributed by atoms with Crippen molar-refractivity contribution in [1.29, 1.82) is 0 Å². The van der Waals surface area contributed by atoms with Crippen LogP contribution in [0.2, 0.25) is 0 Å². The van der Waals surface area contributed by atoms with Crippen LogP contribution in [0.15, 0.2) is 83.5 Å². The van der Waals surface area contributed by atoms with Gasteiger partial charge in [0.15, 0.2) is 18.1 Å². The van der Waals surface area contributed by atoms with Crippen molar-refractivity contribution in [3.63, 3.8) is 0 Å². The third-order valence-electron chi connectivity index (χ3n) is 4.76. The summed E-state index contributed by atoms with van der Waals surface area (Å²) in [5, 5.41) is 25.5. The van der Waals surface area contributed by atoms with Crippen LogP contribution in [0.1, 0.15) is 11.3 Å². The van der Waals surface area contributed by atoms with Crippen LogP contribution in [0, 0.1) is 5.21 Å². The molecule has 0 fully saturated rings. The fourth-order valence-corrected chi connectivity index (χ4v) is 3.09. The van der Waals surface area contributed by atoms with Crippen molar-refractivity contribution >= 4 is 12.0 Å². The molecular formula is C25H20N2O7. The molecule has 0 radical (unpaired) electrons. The van der Waals surface area contributed by atoms with E-state index in [4.69, 9.17) is 18.8 Å². The molecule has 1 N–H and O–H groups in total. The van der Waals surface area contributed by atoms with Gasteiger partial charge in [-0.05, 0) is 40.8 Å². The average Bonchev–Trinajstić information content (AvgIpc) is 3.23. The van der Waals surface area contributed by atoms with E-state index in [-0.39, 0.29) is 23.8 Å². The number of aromatic hydroxyl groups is 1. The van der Waals surface area contributed by atoms with E-state index in [1.165, 1.54) is 31.4 Å². The summed E-state index contributed by atoms with van der Waals surface area (Å²) in [5.74, 6) is 0.343. The number of carbonyl (C=O) groups is 1. The average molecular weight is 460 g/mol. The number of ether oxygens (including phenoxy) is 3. The lowest BCUT2D eigenvalue weighted by atomic mass is 10.1. The first-order valence-corrected chi connectivity index (χ1v) is 10.2. The van der Waals surface area contributed by atoms with Crippen molar-refractivity contribution in [2.24, 2.45) is 0 Å². The van der Waals surface area contributed by atoms with Gasteiger partial charge in [0.1, 0.15) is 11.5 Å². The van der Waals surface area contributed by atoms with Gasteiger partial charge in [-0.25, -0.2) is 4.79 Å². The summed E-state index contributed by atoms with van der Waals surface area (Å²) >= 11 is 0. The molecule has 172 valence electrons. The largest absolute Gasteiger partial charge is 0.504 e. The highest BCUT2D eigenvalue weighted by Gasteiger charge is 2.21. The first kappa shape index (κ1) is 22.4. The molecule has 9 nitrogen and oxygen atoms in total. The van der Waals surface area contributed by atoms with Crippen LogP contribution < -0.4 is 19.1 Å². The highest BCUT2D eigenvalue weighted by molar-refractivity contribution is 5.88. The number of rotatable bonds is 8. The number of aromatic nitrogens is 2. The maximum atomic E-state index is 12.2. The fraction of sp³-hybridized carbons (Fsp3) is 0.0800. The second kappa shape index (κ2) is 10.2. The number of hydrogen-bond donors (Lipinski definition) is 1. The van der Waals surface area contributed by atoms with E-state index in [1.807, 2.05) is 30.3 Å². The van der Waals surface area contributed by atoms with Crippen LogP contribution in [-0.2, 0) is 11.4 Å². The molecule has 4 rings (SSSR count). The van der Waals surface area contributed by atoms with Gasteiger partial charge in [-0.3, -0.25) is 4.63 Å². The second-order valence-corrected chi connectivity index (χ2v) is 7.04. The third kappa shape index (κ3) is 5.33. The molecule has 9 heteroatoms. The summed E-state index contributed by atoms with van der Waals surface area (Å²) in [7, 11) is 1.44. The lowest BCUT2D eigenvalue weighted by Gasteiger charge is -2.07. The maximum absolute atomic E-state index is 12.2. The van der Waals surface area contributed by atoms with E-state index in [9.17, 15) is 15.1 Å². The first-order valence-electron chi connectivity index (χ1n) is 10.2. The van der Waals surface area contributed by atoms with E-state index >= 15 is 0 Å². The summed E-state index contributed by atoms with van der Waals surface area (Å²) in [6.45, 7) is -0.1000. The molecule has 0 saturated heterocycles.